The number of ether oxygens (including phenoxy) is 1. The van der Waals surface area contributed by atoms with Crippen molar-refractivity contribution in [3.05, 3.63) is 47.3 Å². The Morgan fingerprint density at radius 1 is 1.25 bits per heavy atom. The van der Waals surface area contributed by atoms with Gasteiger partial charge in [0.1, 0.15) is 5.75 Å². The van der Waals surface area contributed by atoms with Crippen LogP contribution in [0.2, 0.25) is 0 Å². The average Bonchev–Trinajstić information content (AvgIpc) is 2.40. The number of rotatable bonds is 2. The molecule has 2 aromatic rings. The molecule has 1 aromatic heterocycles. The lowest BCUT2D eigenvalue weighted by Gasteiger charge is -2.09. The Balaban J connectivity index is 2.29. The van der Waals surface area contributed by atoms with Crippen LogP contribution in [0, 0.1) is 18.3 Å². The van der Waals surface area contributed by atoms with Crippen LogP contribution in [0.3, 0.4) is 0 Å². The van der Waals surface area contributed by atoms with Gasteiger partial charge in [-0.25, -0.2) is 4.98 Å². The quantitative estimate of drug-likeness (QED) is 0.844. The first-order chi connectivity index (χ1) is 9.40. The molecule has 0 saturated carbocycles. The van der Waals surface area contributed by atoms with Crippen LogP contribution in [-0.2, 0) is 6.18 Å². The fourth-order valence-corrected chi connectivity index (χ4v) is 1.48. The molecule has 0 saturated heterocycles. The van der Waals surface area contributed by atoms with Gasteiger partial charge in [0, 0.05) is 6.20 Å². The summed E-state index contributed by atoms with van der Waals surface area (Å²) < 4.78 is 42.7. The van der Waals surface area contributed by atoms with Gasteiger partial charge in [0.2, 0.25) is 0 Å². The summed E-state index contributed by atoms with van der Waals surface area (Å²) in [5.41, 5.74) is -0.0429. The summed E-state index contributed by atoms with van der Waals surface area (Å²) in [6, 6.07) is 6.86. The minimum absolute atomic E-state index is 0.295. The smallest absolute Gasteiger partial charge is 0.424 e. The van der Waals surface area contributed by atoms with Gasteiger partial charge in [-0.3, -0.25) is 0 Å². The normalized spacial score (nSPS) is 10.9. The molecule has 0 aliphatic rings. The fraction of sp³-hybridized carbons (Fsp3) is 0.154. The van der Waals surface area contributed by atoms with Crippen molar-refractivity contribution in [2.75, 3.05) is 0 Å². The van der Waals surface area contributed by atoms with Crippen LogP contribution >= 0.6 is 0 Å². The molecule has 7 heteroatoms. The summed E-state index contributed by atoms with van der Waals surface area (Å²) in [4.78, 5) is 6.93. The van der Waals surface area contributed by atoms with Gasteiger partial charge in [-0.1, -0.05) is 0 Å². The van der Waals surface area contributed by atoms with E-state index in [1.807, 2.05) is 6.07 Å². The number of halogens is 3. The van der Waals surface area contributed by atoms with Crippen molar-refractivity contribution in [2.45, 2.75) is 13.1 Å². The fourth-order valence-electron chi connectivity index (χ4n) is 1.48. The van der Waals surface area contributed by atoms with Gasteiger partial charge in [-0.05, 0) is 36.8 Å². The van der Waals surface area contributed by atoms with Gasteiger partial charge < -0.3 is 4.74 Å². The summed E-state index contributed by atoms with van der Waals surface area (Å²) in [5, 5.41) is 8.73. The molecule has 0 amide bonds. The maximum atomic E-state index is 12.5. The zero-order valence-corrected chi connectivity index (χ0v) is 10.3. The zero-order valence-electron chi connectivity index (χ0n) is 10.3. The zero-order chi connectivity index (χ0) is 14.8. The van der Waals surface area contributed by atoms with Crippen LogP contribution in [0.15, 0.2) is 30.5 Å². The van der Waals surface area contributed by atoms with Crippen LogP contribution < -0.4 is 4.74 Å². The third-order valence-electron chi connectivity index (χ3n) is 2.43. The van der Waals surface area contributed by atoms with E-state index in [1.54, 1.807) is 13.0 Å². The van der Waals surface area contributed by atoms with Crippen LogP contribution in [0.4, 0.5) is 13.2 Å². The second-order valence-electron chi connectivity index (χ2n) is 3.92. The maximum Gasteiger partial charge on any atom is 0.433 e. The van der Waals surface area contributed by atoms with Crippen molar-refractivity contribution in [3.63, 3.8) is 0 Å². The summed E-state index contributed by atoms with van der Waals surface area (Å²) in [6.07, 6.45) is -3.58. The summed E-state index contributed by atoms with van der Waals surface area (Å²) in [7, 11) is 0. The molecule has 0 N–H and O–H groups in total. The number of nitrogens with zero attached hydrogens (tertiary/aromatic N) is 3. The number of aryl methyl sites for hydroxylation is 1. The van der Waals surface area contributed by atoms with Crippen LogP contribution in [0.1, 0.15) is 16.8 Å². The van der Waals surface area contributed by atoms with E-state index < -0.39 is 17.9 Å². The number of hydrogen-bond acceptors (Lipinski definition) is 4. The Bertz CT molecular complexity index is 677. The first-order valence-corrected chi connectivity index (χ1v) is 5.49. The highest BCUT2D eigenvalue weighted by atomic mass is 19.4. The van der Waals surface area contributed by atoms with Crippen molar-refractivity contribution in [1.82, 2.24) is 9.97 Å². The van der Waals surface area contributed by atoms with Gasteiger partial charge in [0.05, 0.1) is 11.6 Å². The second kappa shape index (κ2) is 5.17. The molecule has 20 heavy (non-hydrogen) atoms. The largest absolute Gasteiger partial charge is 0.433 e. The monoisotopic (exact) mass is 279 g/mol. The molecule has 4 nitrogen and oxygen atoms in total. The third-order valence-corrected chi connectivity index (χ3v) is 2.43. The predicted molar refractivity (Wildman–Crippen MR) is 63.0 cm³/mol. The molecule has 0 atom stereocenters. The Hall–Kier alpha value is -2.62. The molecule has 0 unspecified atom stereocenters. The number of hydrogen-bond donors (Lipinski definition) is 0. The first-order valence-electron chi connectivity index (χ1n) is 5.49. The molecule has 0 radical (unpaired) electrons. The number of aromatic nitrogens is 2. The second-order valence-corrected chi connectivity index (χ2v) is 3.92. The van der Waals surface area contributed by atoms with Crippen molar-refractivity contribution >= 4 is 0 Å². The Kier molecular flexibility index (Phi) is 3.57. The Morgan fingerprint density at radius 2 is 2.00 bits per heavy atom. The van der Waals surface area contributed by atoms with Gasteiger partial charge in [0.25, 0.3) is 0 Å². The van der Waals surface area contributed by atoms with Crippen molar-refractivity contribution in [3.8, 4) is 17.8 Å². The van der Waals surface area contributed by atoms with E-state index in [4.69, 9.17) is 10.00 Å². The molecule has 2 rings (SSSR count). The third kappa shape index (κ3) is 3.03. The van der Waals surface area contributed by atoms with E-state index in [2.05, 4.69) is 9.97 Å². The molecule has 0 aliphatic heterocycles. The van der Waals surface area contributed by atoms with E-state index >= 15 is 0 Å². The van der Waals surface area contributed by atoms with Crippen LogP contribution in [0.5, 0.6) is 11.8 Å². The molecule has 102 valence electrons. The Morgan fingerprint density at radius 3 is 2.60 bits per heavy atom. The number of alkyl halides is 3. The van der Waals surface area contributed by atoms with Crippen LogP contribution in [0.25, 0.3) is 0 Å². The highest BCUT2D eigenvalue weighted by Gasteiger charge is 2.33. The highest BCUT2D eigenvalue weighted by Crippen LogP contribution is 2.29. The lowest BCUT2D eigenvalue weighted by atomic mass is 10.1. The first kappa shape index (κ1) is 13.8. The van der Waals surface area contributed by atoms with Gasteiger partial charge in [-0.15, -0.1) is 0 Å². The maximum absolute atomic E-state index is 12.5. The lowest BCUT2D eigenvalue weighted by Crippen LogP contribution is -2.09. The van der Waals surface area contributed by atoms with E-state index in [0.29, 0.717) is 16.9 Å². The average molecular weight is 279 g/mol. The van der Waals surface area contributed by atoms with E-state index in [9.17, 15) is 13.2 Å². The molecular weight excluding hydrogens is 271 g/mol. The summed E-state index contributed by atoms with van der Waals surface area (Å²) in [6.45, 7) is 1.67. The summed E-state index contributed by atoms with van der Waals surface area (Å²) >= 11 is 0. The minimum atomic E-state index is -4.55. The highest BCUT2D eigenvalue weighted by molar-refractivity contribution is 5.42. The van der Waals surface area contributed by atoms with E-state index in [-0.39, 0.29) is 0 Å². The van der Waals surface area contributed by atoms with E-state index in [0.717, 1.165) is 12.3 Å². The van der Waals surface area contributed by atoms with Gasteiger partial charge >= 0.3 is 12.2 Å². The summed E-state index contributed by atoms with van der Waals surface area (Å²) in [5.74, 6) is 0.295. The van der Waals surface area contributed by atoms with Gasteiger partial charge in [-0.2, -0.15) is 23.4 Å². The Labute approximate surface area is 112 Å². The molecule has 1 heterocycles. The number of nitriles is 1. The van der Waals surface area contributed by atoms with Gasteiger partial charge in [0.15, 0.2) is 5.69 Å². The number of benzene rings is 1. The van der Waals surface area contributed by atoms with E-state index in [1.165, 1.54) is 12.1 Å². The van der Waals surface area contributed by atoms with Crippen LogP contribution in [-0.4, -0.2) is 9.97 Å². The molecular formula is C13H8F3N3O. The van der Waals surface area contributed by atoms with Crippen molar-refractivity contribution in [2.24, 2.45) is 0 Å². The van der Waals surface area contributed by atoms with Crippen molar-refractivity contribution in [1.29, 1.82) is 5.26 Å². The predicted octanol–water partition coefficient (Wildman–Crippen LogP) is 3.47. The molecule has 0 spiro atoms. The standard InChI is InChI=1S/C13H8F3N3O/c1-8-6-9(7-17)2-3-10(8)20-12-18-5-4-11(19-12)13(14,15)16/h2-6H,1H3. The lowest BCUT2D eigenvalue weighted by molar-refractivity contribution is -0.141. The molecule has 1 aromatic carbocycles. The molecule has 0 fully saturated rings. The molecule has 0 aliphatic carbocycles. The topological polar surface area (TPSA) is 58.8 Å². The van der Waals surface area contributed by atoms with Crippen molar-refractivity contribution < 1.29 is 17.9 Å². The minimum Gasteiger partial charge on any atom is -0.424 e. The SMILES string of the molecule is Cc1cc(C#N)ccc1Oc1nccc(C(F)(F)F)n1. The molecule has 0 bridgehead atoms.